The second-order valence-electron chi connectivity index (χ2n) is 4.80. The van der Waals surface area contributed by atoms with E-state index in [1.165, 1.54) is 40.5 Å². The molecule has 0 atom stereocenters. The van der Waals surface area contributed by atoms with Crippen molar-refractivity contribution in [2.45, 2.75) is 28.3 Å². The Morgan fingerprint density at radius 2 is 1.96 bits per heavy atom. The fourth-order valence-electron chi connectivity index (χ4n) is 2.24. The number of nitrogens with zero attached hydrogens (tertiary/aromatic N) is 2. The molecule has 2 aromatic heterocycles. The third-order valence-corrected chi connectivity index (χ3v) is 7.50. The Hall–Kier alpha value is -1.16. The monoisotopic (exact) mass is 414 g/mol. The number of thiophene rings is 1. The van der Waals surface area contributed by atoms with Gasteiger partial charge in [0, 0.05) is 15.8 Å². The van der Waals surface area contributed by atoms with Crippen molar-refractivity contribution >= 4 is 62.3 Å². The van der Waals surface area contributed by atoms with Crippen molar-refractivity contribution in [3.05, 3.63) is 34.5 Å². The smallest absolute Gasteiger partial charge is 0.348 e. The fraction of sp³-hybridized carbons (Fsp3) is 0.312. The molecule has 1 aromatic carbocycles. The van der Waals surface area contributed by atoms with Crippen molar-refractivity contribution in [1.82, 2.24) is 10.2 Å². The number of benzene rings is 1. The first kappa shape index (κ1) is 18.6. The van der Waals surface area contributed by atoms with E-state index in [2.05, 4.69) is 17.1 Å². The number of carbonyl (C=O) groups excluding carboxylic acids is 1. The molecular weight excluding hydrogens is 399 g/mol. The van der Waals surface area contributed by atoms with Gasteiger partial charge in [-0.2, -0.15) is 0 Å². The third-order valence-electron chi connectivity index (χ3n) is 3.22. The van der Waals surface area contributed by atoms with Crippen LogP contribution >= 0.6 is 46.2 Å². The maximum absolute atomic E-state index is 14.4. The molecule has 3 aromatic rings. The number of carbonyl (C=O) groups is 1. The molecule has 0 saturated carbocycles. The van der Waals surface area contributed by atoms with E-state index >= 15 is 0 Å². The summed E-state index contributed by atoms with van der Waals surface area (Å²) in [5.74, 6) is 0.658. The number of ether oxygens (including phenoxy) is 1. The molecule has 25 heavy (non-hydrogen) atoms. The van der Waals surface area contributed by atoms with Crippen LogP contribution in [0.1, 0.15) is 29.1 Å². The zero-order chi connectivity index (χ0) is 17.8. The van der Waals surface area contributed by atoms with Crippen molar-refractivity contribution in [2.24, 2.45) is 0 Å². The van der Waals surface area contributed by atoms with E-state index in [0.29, 0.717) is 21.6 Å². The summed E-state index contributed by atoms with van der Waals surface area (Å²) in [6.45, 7) is 4.11. The lowest BCUT2D eigenvalue weighted by Gasteiger charge is -2.04. The maximum atomic E-state index is 14.4. The van der Waals surface area contributed by atoms with Gasteiger partial charge in [0.05, 0.1) is 6.61 Å². The number of aromatic nitrogens is 2. The molecule has 0 aliphatic carbocycles. The van der Waals surface area contributed by atoms with Gasteiger partial charge in [-0.05, 0) is 30.4 Å². The summed E-state index contributed by atoms with van der Waals surface area (Å²) in [6, 6.07) is 4.89. The van der Waals surface area contributed by atoms with E-state index in [1.807, 2.05) is 6.07 Å². The van der Waals surface area contributed by atoms with Crippen molar-refractivity contribution in [3.63, 3.8) is 0 Å². The predicted molar refractivity (Wildman–Crippen MR) is 104 cm³/mol. The van der Waals surface area contributed by atoms with Gasteiger partial charge in [0.1, 0.15) is 10.7 Å². The lowest BCUT2D eigenvalue weighted by molar-refractivity contribution is 0.0531. The first-order valence-corrected chi connectivity index (χ1v) is 11.2. The van der Waals surface area contributed by atoms with E-state index in [9.17, 15) is 9.18 Å². The van der Waals surface area contributed by atoms with E-state index < -0.39 is 5.97 Å². The van der Waals surface area contributed by atoms with Crippen LogP contribution in [0.5, 0.6) is 0 Å². The number of esters is 1. The van der Waals surface area contributed by atoms with Crippen LogP contribution in [0.3, 0.4) is 0 Å². The minimum atomic E-state index is -0.404. The van der Waals surface area contributed by atoms with Gasteiger partial charge < -0.3 is 4.74 Å². The van der Waals surface area contributed by atoms with Gasteiger partial charge in [-0.1, -0.05) is 47.9 Å². The standard InChI is InChI=1S/C16H15FN2O2S4/c1-3-21-14(20)13-9(12-10(17)6-5-7-11(12)24-13)8-23-16-19-18-15(25-16)22-4-2/h5-7H,3-4,8H2,1-2H3. The van der Waals surface area contributed by atoms with Gasteiger partial charge in [-0.15, -0.1) is 21.5 Å². The lowest BCUT2D eigenvalue weighted by atomic mass is 10.1. The normalized spacial score (nSPS) is 11.2. The summed E-state index contributed by atoms with van der Waals surface area (Å²) in [6.07, 6.45) is 0. The van der Waals surface area contributed by atoms with Gasteiger partial charge in [0.2, 0.25) is 0 Å². The Balaban J connectivity index is 1.92. The van der Waals surface area contributed by atoms with Gasteiger partial charge in [0.15, 0.2) is 8.68 Å². The summed E-state index contributed by atoms with van der Waals surface area (Å²) in [5, 5.41) is 8.77. The molecule has 0 bridgehead atoms. The van der Waals surface area contributed by atoms with Crippen molar-refractivity contribution in [2.75, 3.05) is 12.4 Å². The lowest BCUT2D eigenvalue weighted by Crippen LogP contribution is -2.04. The molecule has 0 fully saturated rings. The zero-order valence-corrected chi connectivity index (χ0v) is 16.8. The summed E-state index contributed by atoms with van der Waals surface area (Å²) >= 11 is 5.88. The topological polar surface area (TPSA) is 52.1 Å². The summed E-state index contributed by atoms with van der Waals surface area (Å²) in [5.41, 5.74) is 0.668. The maximum Gasteiger partial charge on any atom is 0.348 e. The predicted octanol–water partition coefficient (Wildman–Crippen LogP) is 5.47. The quantitative estimate of drug-likeness (QED) is 0.377. The molecule has 0 aliphatic rings. The van der Waals surface area contributed by atoms with Crippen LogP contribution < -0.4 is 0 Å². The molecule has 3 rings (SSSR count). The van der Waals surface area contributed by atoms with Gasteiger partial charge in [0.25, 0.3) is 0 Å². The Bertz CT molecular complexity index is 894. The van der Waals surface area contributed by atoms with Crippen LogP contribution in [-0.2, 0) is 10.5 Å². The summed E-state index contributed by atoms with van der Waals surface area (Å²) < 4.78 is 22.0. The zero-order valence-electron chi connectivity index (χ0n) is 13.6. The number of thioether (sulfide) groups is 2. The molecule has 132 valence electrons. The summed E-state index contributed by atoms with van der Waals surface area (Å²) in [4.78, 5) is 12.7. The number of hydrogen-bond donors (Lipinski definition) is 0. The molecular formula is C16H15FN2O2S4. The number of fused-ring (bicyclic) bond motifs is 1. The third kappa shape index (κ3) is 4.16. The van der Waals surface area contributed by atoms with Crippen LogP contribution in [-0.4, -0.2) is 28.5 Å². The second-order valence-corrected chi connectivity index (χ2v) is 9.56. The molecule has 0 N–H and O–H groups in total. The van der Waals surface area contributed by atoms with Crippen LogP contribution in [0.15, 0.2) is 26.9 Å². The molecule has 0 aliphatic heterocycles. The van der Waals surface area contributed by atoms with E-state index in [1.54, 1.807) is 24.8 Å². The van der Waals surface area contributed by atoms with Crippen molar-refractivity contribution in [3.8, 4) is 0 Å². The highest BCUT2D eigenvalue weighted by Crippen LogP contribution is 2.38. The highest BCUT2D eigenvalue weighted by atomic mass is 32.2. The van der Waals surface area contributed by atoms with Crippen LogP contribution in [0.25, 0.3) is 10.1 Å². The minimum Gasteiger partial charge on any atom is -0.462 e. The van der Waals surface area contributed by atoms with Gasteiger partial charge >= 0.3 is 5.97 Å². The summed E-state index contributed by atoms with van der Waals surface area (Å²) in [7, 11) is 0. The number of halogens is 1. The first-order chi connectivity index (χ1) is 12.1. The van der Waals surface area contributed by atoms with Crippen LogP contribution in [0.4, 0.5) is 4.39 Å². The number of hydrogen-bond acceptors (Lipinski definition) is 8. The van der Waals surface area contributed by atoms with Crippen molar-refractivity contribution in [1.29, 1.82) is 0 Å². The highest BCUT2D eigenvalue weighted by molar-refractivity contribution is 8.02. The fourth-order valence-corrected chi connectivity index (χ4v) is 6.40. The van der Waals surface area contributed by atoms with Crippen LogP contribution in [0.2, 0.25) is 0 Å². The SMILES string of the molecule is CCOC(=O)c1sc2cccc(F)c2c1CSc1nnc(SCC)s1. The molecule has 0 unspecified atom stereocenters. The Morgan fingerprint density at radius 3 is 2.68 bits per heavy atom. The van der Waals surface area contributed by atoms with Crippen molar-refractivity contribution < 1.29 is 13.9 Å². The minimum absolute atomic E-state index is 0.288. The van der Waals surface area contributed by atoms with E-state index in [4.69, 9.17) is 4.74 Å². The molecule has 0 amide bonds. The Labute approximate surface area is 161 Å². The molecule has 4 nitrogen and oxygen atoms in total. The first-order valence-electron chi connectivity index (χ1n) is 7.60. The largest absolute Gasteiger partial charge is 0.462 e. The molecule has 0 radical (unpaired) electrons. The van der Waals surface area contributed by atoms with Crippen LogP contribution in [0, 0.1) is 5.82 Å². The molecule has 9 heteroatoms. The van der Waals surface area contributed by atoms with Gasteiger partial charge in [-0.3, -0.25) is 0 Å². The van der Waals surface area contributed by atoms with Gasteiger partial charge in [-0.25, -0.2) is 9.18 Å². The van der Waals surface area contributed by atoms with E-state index in [-0.39, 0.29) is 12.4 Å². The Kier molecular flexibility index (Phi) is 6.32. The number of rotatable bonds is 7. The second kappa shape index (κ2) is 8.48. The molecule has 2 heterocycles. The highest BCUT2D eigenvalue weighted by Gasteiger charge is 2.22. The average Bonchev–Trinajstić information content (AvgIpc) is 3.18. The van der Waals surface area contributed by atoms with E-state index in [0.717, 1.165) is 19.1 Å². The molecule has 0 saturated heterocycles. The molecule has 0 spiro atoms. The Morgan fingerprint density at radius 1 is 1.20 bits per heavy atom. The average molecular weight is 415 g/mol.